The zero-order valence-electron chi connectivity index (χ0n) is 5.65. The first-order chi connectivity index (χ1) is 4.97. The normalized spacial score (nSPS) is 15.6. The lowest BCUT2D eigenvalue weighted by Crippen LogP contribution is -2.27. The predicted molar refractivity (Wildman–Crippen MR) is 40.6 cm³/mol. The zero-order chi connectivity index (χ0) is 6.81. The number of benzene rings is 1. The highest BCUT2D eigenvalue weighted by molar-refractivity contribution is 5.51. The minimum absolute atomic E-state index is 0.866. The number of hydrogen-bond donors (Lipinski definition) is 2. The number of fused-ring (bicyclic) bond motifs is 1. The van der Waals surface area contributed by atoms with Crippen LogP contribution in [0.3, 0.4) is 0 Å². The van der Waals surface area contributed by atoms with Crippen molar-refractivity contribution in [1.29, 1.82) is 0 Å². The Hall–Kier alpha value is -1.02. The van der Waals surface area contributed by atoms with Crippen LogP contribution in [0.5, 0.6) is 0 Å². The Labute approximate surface area is 60.3 Å². The van der Waals surface area contributed by atoms with Gasteiger partial charge in [0.2, 0.25) is 0 Å². The van der Waals surface area contributed by atoms with Gasteiger partial charge in [0.25, 0.3) is 0 Å². The average molecular weight is 133 g/mol. The van der Waals surface area contributed by atoms with E-state index >= 15 is 0 Å². The second-order valence-corrected chi connectivity index (χ2v) is 2.34. The van der Waals surface area contributed by atoms with E-state index in [0.717, 1.165) is 13.2 Å². The summed E-state index contributed by atoms with van der Waals surface area (Å²) in [5.41, 5.74) is 2.44. The molecule has 0 bridgehead atoms. The molecule has 0 fully saturated rings. The molecule has 0 atom stereocenters. The van der Waals surface area contributed by atoms with Crippen molar-refractivity contribution in [1.82, 2.24) is 5.32 Å². The molecule has 1 aliphatic rings. The summed E-state index contributed by atoms with van der Waals surface area (Å²) in [7, 11) is 0. The first-order valence-electron chi connectivity index (χ1n) is 3.41. The molecule has 1 aliphatic heterocycles. The lowest BCUT2D eigenvalue weighted by atomic mass is 10.1. The van der Waals surface area contributed by atoms with Gasteiger partial charge in [0.15, 0.2) is 0 Å². The van der Waals surface area contributed by atoms with Crippen LogP contribution in [0.2, 0.25) is 0 Å². The Morgan fingerprint density at radius 1 is 1.50 bits per heavy atom. The average Bonchev–Trinajstić information content (AvgIpc) is 2.05. The van der Waals surface area contributed by atoms with Crippen molar-refractivity contribution in [3.63, 3.8) is 0 Å². The SMILES string of the molecule is [c]1cccc2c1CNCN2. The van der Waals surface area contributed by atoms with E-state index in [-0.39, 0.29) is 0 Å². The van der Waals surface area contributed by atoms with Gasteiger partial charge in [-0.25, -0.2) is 0 Å². The quantitative estimate of drug-likeness (QED) is 0.550. The molecular formula is C8H9N2. The van der Waals surface area contributed by atoms with E-state index < -0.39 is 0 Å². The Balaban J connectivity index is 2.41. The van der Waals surface area contributed by atoms with Crippen molar-refractivity contribution in [2.24, 2.45) is 0 Å². The van der Waals surface area contributed by atoms with Crippen LogP contribution in [-0.4, -0.2) is 6.67 Å². The molecule has 2 nitrogen and oxygen atoms in total. The Morgan fingerprint density at radius 2 is 2.50 bits per heavy atom. The van der Waals surface area contributed by atoms with Gasteiger partial charge in [-0.3, -0.25) is 5.32 Å². The number of hydrogen-bond acceptors (Lipinski definition) is 2. The summed E-state index contributed by atoms with van der Waals surface area (Å²) < 4.78 is 0. The van der Waals surface area contributed by atoms with Gasteiger partial charge in [-0.15, -0.1) is 0 Å². The third-order valence-corrected chi connectivity index (χ3v) is 1.65. The summed E-state index contributed by atoms with van der Waals surface area (Å²) in [4.78, 5) is 0. The fourth-order valence-electron chi connectivity index (χ4n) is 1.13. The molecule has 0 spiro atoms. The molecule has 51 valence electrons. The highest BCUT2D eigenvalue weighted by atomic mass is 15.1. The summed E-state index contributed by atoms with van der Waals surface area (Å²) in [5, 5.41) is 6.42. The summed E-state index contributed by atoms with van der Waals surface area (Å²) in [5.74, 6) is 0. The maximum absolute atomic E-state index is 3.22. The van der Waals surface area contributed by atoms with Gasteiger partial charge >= 0.3 is 0 Å². The standard InChI is InChI=1S/C8H9N2/c1-2-4-8-7(3-1)5-9-6-10-8/h1-2,4,9-10H,5-6H2. The highest BCUT2D eigenvalue weighted by Gasteiger charge is 2.04. The maximum Gasteiger partial charge on any atom is 0.0655 e. The second-order valence-electron chi connectivity index (χ2n) is 2.34. The second kappa shape index (κ2) is 2.31. The molecule has 2 heteroatoms. The van der Waals surface area contributed by atoms with Crippen LogP contribution in [0.15, 0.2) is 18.2 Å². The van der Waals surface area contributed by atoms with Crippen molar-refractivity contribution in [2.75, 3.05) is 12.0 Å². The van der Waals surface area contributed by atoms with Gasteiger partial charge in [-0.05, 0) is 17.7 Å². The Kier molecular flexibility index (Phi) is 1.32. The molecule has 10 heavy (non-hydrogen) atoms. The molecular weight excluding hydrogens is 124 g/mol. The number of nitrogens with one attached hydrogen (secondary N) is 2. The van der Waals surface area contributed by atoms with Crippen LogP contribution in [0.1, 0.15) is 5.56 Å². The summed E-state index contributed by atoms with van der Waals surface area (Å²) in [6.07, 6.45) is 0. The molecule has 0 amide bonds. The van der Waals surface area contributed by atoms with Gasteiger partial charge in [-0.1, -0.05) is 12.1 Å². The third-order valence-electron chi connectivity index (χ3n) is 1.65. The van der Waals surface area contributed by atoms with Crippen LogP contribution in [0.25, 0.3) is 0 Å². The van der Waals surface area contributed by atoms with E-state index in [1.807, 2.05) is 12.1 Å². The Bertz CT molecular complexity index is 207. The lowest BCUT2D eigenvalue weighted by Gasteiger charge is -2.17. The monoisotopic (exact) mass is 133 g/mol. The minimum atomic E-state index is 0.866. The summed E-state index contributed by atoms with van der Waals surface area (Å²) >= 11 is 0. The summed E-state index contributed by atoms with van der Waals surface area (Å²) in [6, 6.07) is 9.18. The van der Waals surface area contributed by atoms with E-state index in [1.165, 1.54) is 11.3 Å². The Morgan fingerprint density at radius 3 is 3.40 bits per heavy atom. The molecule has 1 heterocycles. The fraction of sp³-hybridized carbons (Fsp3) is 0.250. The van der Waals surface area contributed by atoms with Crippen LogP contribution in [0.4, 0.5) is 5.69 Å². The van der Waals surface area contributed by atoms with E-state index in [4.69, 9.17) is 0 Å². The van der Waals surface area contributed by atoms with Crippen LogP contribution >= 0.6 is 0 Å². The molecule has 2 N–H and O–H groups in total. The van der Waals surface area contributed by atoms with E-state index in [1.54, 1.807) is 0 Å². The van der Waals surface area contributed by atoms with Crippen molar-refractivity contribution in [2.45, 2.75) is 6.54 Å². The minimum Gasteiger partial charge on any atom is -0.372 e. The van der Waals surface area contributed by atoms with Crippen LogP contribution < -0.4 is 10.6 Å². The van der Waals surface area contributed by atoms with Gasteiger partial charge < -0.3 is 5.32 Å². The first kappa shape index (κ1) is 5.74. The van der Waals surface area contributed by atoms with Crippen LogP contribution in [-0.2, 0) is 6.54 Å². The number of anilines is 1. The molecule has 0 aromatic heterocycles. The molecule has 1 aromatic rings. The molecule has 1 aromatic carbocycles. The largest absolute Gasteiger partial charge is 0.372 e. The fourth-order valence-corrected chi connectivity index (χ4v) is 1.13. The molecule has 2 rings (SSSR count). The smallest absolute Gasteiger partial charge is 0.0655 e. The topological polar surface area (TPSA) is 24.1 Å². The van der Waals surface area contributed by atoms with Gasteiger partial charge in [0.1, 0.15) is 0 Å². The van der Waals surface area contributed by atoms with E-state index in [0.29, 0.717) is 0 Å². The predicted octanol–water partition coefficient (Wildman–Crippen LogP) is 0.959. The number of rotatable bonds is 0. The molecule has 0 unspecified atom stereocenters. The van der Waals surface area contributed by atoms with Crippen molar-refractivity contribution in [3.8, 4) is 0 Å². The third kappa shape index (κ3) is 0.866. The van der Waals surface area contributed by atoms with E-state index in [9.17, 15) is 0 Å². The molecule has 0 saturated heterocycles. The van der Waals surface area contributed by atoms with Crippen molar-refractivity contribution in [3.05, 3.63) is 29.8 Å². The van der Waals surface area contributed by atoms with E-state index in [2.05, 4.69) is 22.8 Å². The highest BCUT2D eigenvalue weighted by Crippen LogP contribution is 2.15. The van der Waals surface area contributed by atoms with Crippen molar-refractivity contribution < 1.29 is 0 Å². The lowest BCUT2D eigenvalue weighted by molar-refractivity contribution is 0.709. The maximum atomic E-state index is 3.22. The first-order valence-corrected chi connectivity index (χ1v) is 3.41. The summed E-state index contributed by atoms with van der Waals surface area (Å²) in [6.45, 7) is 1.80. The van der Waals surface area contributed by atoms with Gasteiger partial charge in [0.05, 0.1) is 6.67 Å². The molecule has 0 saturated carbocycles. The molecule has 0 aliphatic carbocycles. The van der Waals surface area contributed by atoms with Crippen LogP contribution in [0, 0.1) is 6.07 Å². The molecule has 1 radical (unpaired) electrons. The zero-order valence-corrected chi connectivity index (χ0v) is 5.65. The van der Waals surface area contributed by atoms with Gasteiger partial charge in [0, 0.05) is 12.2 Å². The van der Waals surface area contributed by atoms with Gasteiger partial charge in [-0.2, -0.15) is 0 Å². The van der Waals surface area contributed by atoms with Crippen molar-refractivity contribution >= 4 is 5.69 Å².